The Balaban J connectivity index is 2.09. The van der Waals surface area contributed by atoms with Crippen molar-refractivity contribution >= 4 is 12.0 Å². The molecule has 1 amide bonds. The standard InChI is InChI=1S/C21H20N2O2/c1-14-19(11-18-3-2-8-23-21(18)25)9-16(12-22)10-20(14)17-6-4-15(13-24)5-7-17/h4-7,9-11,24H,2-3,8,13H2,1H3,(H,23,25)/b18-11+. The second kappa shape index (κ2) is 7.33. The molecule has 2 N–H and O–H groups in total. The van der Waals surface area contributed by atoms with Crippen LogP contribution in [0.15, 0.2) is 42.0 Å². The maximum absolute atomic E-state index is 12.0. The van der Waals surface area contributed by atoms with Gasteiger partial charge in [-0.15, -0.1) is 0 Å². The van der Waals surface area contributed by atoms with Gasteiger partial charge in [0.05, 0.1) is 18.2 Å². The van der Waals surface area contributed by atoms with E-state index in [9.17, 15) is 15.2 Å². The van der Waals surface area contributed by atoms with Gasteiger partial charge < -0.3 is 10.4 Å². The van der Waals surface area contributed by atoms with Crippen molar-refractivity contribution in [1.29, 1.82) is 5.26 Å². The molecule has 1 fully saturated rings. The van der Waals surface area contributed by atoms with E-state index in [1.807, 2.05) is 49.4 Å². The van der Waals surface area contributed by atoms with Gasteiger partial charge >= 0.3 is 0 Å². The molecule has 0 bridgehead atoms. The van der Waals surface area contributed by atoms with Crippen molar-refractivity contribution in [1.82, 2.24) is 5.32 Å². The predicted molar refractivity (Wildman–Crippen MR) is 97.5 cm³/mol. The molecule has 1 saturated heterocycles. The fourth-order valence-corrected chi connectivity index (χ4v) is 3.07. The van der Waals surface area contributed by atoms with Gasteiger partial charge in [0, 0.05) is 12.1 Å². The maximum Gasteiger partial charge on any atom is 0.247 e. The van der Waals surface area contributed by atoms with Crippen molar-refractivity contribution in [2.24, 2.45) is 0 Å². The summed E-state index contributed by atoms with van der Waals surface area (Å²) in [5, 5.41) is 21.4. The Bertz CT molecular complexity index is 874. The summed E-state index contributed by atoms with van der Waals surface area (Å²) in [6.45, 7) is 2.73. The van der Waals surface area contributed by atoms with Gasteiger partial charge in [-0.05, 0) is 65.8 Å². The molecule has 0 unspecified atom stereocenters. The zero-order chi connectivity index (χ0) is 17.8. The molecule has 2 aromatic carbocycles. The number of nitrogens with one attached hydrogen (secondary N) is 1. The molecule has 4 nitrogen and oxygen atoms in total. The minimum absolute atomic E-state index is 0.00393. The van der Waals surface area contributed by atoms with Crippen LogP contribution in [0.5, 0.6) is 0 Å². The first-order valence-corrected chi connectivity index (χ1v) is 8.36. The van der Waals surface area contributed by atoms with Crippen molar-refractivity contribution in [3.63, 3.8) is 0 Å². The number of nitrogens with zero attached hydrogens (tertiary/aromatic N) is 1. The lowest BCUT2D eigenvalue weighted by Gasteiger charge is -2.16. The topological polar surface area (TPSA) is 73.1 Å². The number of piperidine rings is 1. The molecule has 25 heavy (non-hydrogen) atoms. The maximum atomic E-state index is 12.0. The van der Waals surface area contributed by atoms with Gasteiger partial charge in [0.15, 0.2) is 0 Å². The lowest BCUT2D eigenvalue weighted by atomic mass is 9.91. The Morgan fingerprint density at radius 3 is 2.68 bits per heavy atom. The first-order chi connectivity index (χ1) is 12.1. The van der Waals surface area contributed by atoms with Crippen LogP contribution in [0.3, 0.4) is 0 Å². The van der Waals surface area contributed by atoms with Crippen LogP contribution in [0.1, 0.15) is 35.1 Å². The number of amides is 1. The van der Waals surface area contributed by atoms with E-state index in [4.69, 9.17) is 0 Å². The normalized spacial score (nSPS) is 15.7. The van der Waals surface area contributed by atoms with E-state index in [0.717, 1.165) is 52.8 Å². The molecule has 2 aromatic rings. The van der Waals surface area contributed by atoms with Crippen LogP contribution >= 0.6 is 0 Å². The monoisotopic (exact) mass is 332 g/mol. The van der Waals surface area contributed by atoms with Gasteiger partial charge in [-0.3, -0.25) is 4.79 Å². The molecular formula is C21H20N2O2. The van der Waals surface area contributed by atoms with E-state index >= 15 is 0 Å². The number of hydrogen-bond acceptors (Lipinski definition) is 3. The predicted octanol–water partition coefficient (Wildman–Crippen LogP) is 3.32. The molecule has 3 rings (SSSR count). The van der Waals surface area contributed by atoms with Gasteiger partial charge in [0.25, 0.3) is 0 Å². The highest BCUT2D eigenvalue weighted by molar-refractivity contribution is 5.99. The number of aliphatic hydroxyl groups excluding tert-OH is 1. The van der Waals surface area contributed by atoms with Crippen LogP contribution in [0.2, 0.25) is 0 Å². The molecule has 4 heteroatoms. The van der Waals surface area contributed by atoms with E-state index in [0.29, 0.717) is 5.56 Å². The molecule has 0 aliphatic carbocycles. The molecule has 1 aliphatic rings. The molecule has 1 heterocycles. The van der Waals surface area contributed by atoms with E-state index in [2.05, 4.69) is 11.4 Å². The Hall–Kier alpha value is -2.90. The summed E-state index contributed by atoms with van der Waals surface area (Å²) in [5.74, 6) is -0.0261. The zero-order valence-corrected chi connectivity index (χ0v) is 14.2. The lowest BCUT2D eigenvalue weighted by molar-refractivity contribution is -0.118. The molecule has 0 saturated carbocycles. The Labute approximate surface area is 147 Å². The van der Waals surface area contributed by atoms with Crippen molar-refractivity contribution in [2.45, 2.75) is 26.4 Å². The molecule has 0 aromatic heterocycles. The SMILES string of the molecule is Cc1c(/C=C2\CCCNC2=O)cc(C#N)cc1-c1ccc(CO)cc1. The second-order valence-electron chi connectivity index (χ2n) is 6.23. The minimum Gasteiger partial charge on any atom is -0.392 e. The lowest BCUT2D eigenvalue weighted by Crippen LogP contribution is -2.30. The molecule has 0 atom stereocenters. The summed E-state index contributed by atoms with van der Waals surface area (Å²) in [5.41, 5.74) is 6.04. The van der Waals surface area contributed by atoms with Crippen molar-refractivity contribution in [2.75, 3.05) is 6.54 Å². The van der Waals surface area contributed by atoms with Crippen LogP contribution in [-0.4, -0.2) is 17.6 Å². The Morgan fingerprint density at radius 1 is 1.28 bits per heavy atom. The summed E-state index contributed by atoms with van der Waals surface area (Å²) in [7, 11) is 0. The van der Waals surface area contributed by atoms with E-state index in [1.165, 1.54) is 0 Å². The van der Waals surface area contributed by atoms with Gasteiger partial charge in [-0.1, -0.05) is 24.3 Å². The van der Waals surface area contributed by atoms with E-state index < -0.39 is 0 Å². The molecular weight excluding hydrogens is 312 g/mol. The van der Waals surface area contributed by atoms with Gasteiger partial charge in [-0.25, -0.2) is 0 Å². The molecule has 0 spiro atoms. The van der Waals surface area contributed by atoms with Gasteiger partial charge in [-0.2, -0.15) is 5.26 Å². The highest BCUT2D eigenvalue weighted by Gasteiger charge is 2.15. The van der Waals surface area contributed by atoms with Gasteiger partial charge in [0.1, 0.15) is 0 Å². The summed E-state index contributed by atoms with van der Waals surface area (Å²) in [4.78, 5) is 12.0. The molecule has 0 radical (unpaired) electrons. The fourth-order valence-electron chi connectivity index (χ4n) is 3.07. The van der Waals surface area contributed by atoms with E-state index in [-0.39, 0.29) is 12.5 Å². The van der Waals surface area contributed by atoms with Crippen molar-refractivity contribution in [3.8, 4) is 17.2 Å². The fraction of sp³-hybridized carbons (Fsp3) is 0.238. The number of carbonyl (C=O) groups is 1. The van der Waals surface area contributed by atoms with Crippen LogP contribution in [0, 0.1) is 18.3 Å². The zero-order valence-electron chi connectivity index (χ0n) is 14.2. The smallest absolute Gasteiger partial charge is 0.247 e. The minimum atomic E-state index is -0.0261. The summed E-state index contributed by atoms with van der Waals surface area (Å²) in [6, 6.07) is 13.5. The van der Waals surface area contributed by atoms with Crippen LogP contribution in [-0.2, 0) is 11.4 Å². The van der Waals surface area contributed by atoms with Crippen LogP contribution < -0.4 is 5.32 Å². The highest BCUT2D eigenvalue weighted by atomic mass is 16.3. The average Bonchev–Trinajstić information content (AvgIpc) is 2.65. The third-order valence-corrected chi connectivity index (χ3v) is 4.55. The third-order valence-electron chi connectivity index (χ3n) is 4.55. The number of carbonyl (C=O) groups excluding carboxylic acids is 1. The first-order valence-electron chi connectivity index (χ1n) is 8.36. The number of benzene rings is 2. The van der Waals surface area contributed by atoms with Crippen LogP contribution in [0.4, 0.5) is 0 Å². The average molecular weight is 332 g/mol. The summed E-state index contributed by atoms with van der Waals surface area (Å²) < 4.78 is 0. The molecule has 1 aliphatic heterocycles. The van der Waals surface area contributed by atoms with Gasteiger partial charge in [0.2, 0.25) is 5.91 Å². The quantitative estimate of drug-likeness (QED) is 0.847. The first kappa shape index (κ1) is 16.9. The number of rotatable bonds is 3. The largest absolute Gasteiger partial charge is 0.392 e. The Kier molecular flexibility index (Phi) is 4.97. The number of aliphatic hydroxyl groups is 1. The number of hydrogen-bond donors (Lipinski definition) is 2. The van der Waals surface area contributed by atoms with Crippen molar-refractivity contribution < 1.29 is 9.90 Å². The third kappa shape index (κ3) is 3.62. The summed E-state index contributed by atoms with van der Waals surface area (Å²) in [6.07, 6.45) is 3.59. The van der Waals surface area contributed by atoms with Crippen LogP contribution in [0.25, 0.3) is 17.2 Å². The molecule has 126 valence electrons. The second-order valence-corrected chi connectivity index (χ2v) is 6.23. The number of nitriles is 1. The highest BCUT2D eigenvalue weighted by Crippen LogP contribution is 2.30. The van der Waals surface area contributed by atoms with E-state index in [1.54, 1.807) is 0 Å². The van der Waals surface area contributed by atoms with Crippen molar-refractivity contribution in [3.05, 3.63) is 64.2 Å². The Morgan fingerprint density at radius 2 is 2.04 bits per heavy atom. The summed E-state index contributed by atoms with van der Waals surface area (Å²) >= 11 is 0.